The van der Waals surface area contributed by atoms with Crippen LogP contribution in [-0.2, 0) is 0 Å². The summed E-state index contributed by atoms with van der Waals surface area (Å²) < 4.78 is 0.571. The van der Waals surface area contributed by atoms with Crippen LogP contribution in [0.15, 0.2) is 24.3 Å². The van der Waals surface area contributed by atoms with Gasteiger partial charge >= 0.3 is 12.1 Å². The smallest absolute Gasteiger partial charge is 0.416 e. The number of nitrogens with zero attached hydrogens (tertiary/aromatic N) is 2. The van der Waals surface area contributed by atoms with E-state index in [9.17, 15) is 19.7 Å². The first-order valence-corrected chi connectivity index (χ1v) is 4.68. The van der Waals surface area contributed by atoms with Gasteiger partial charge in [-0.05, 0) is 12.1 Å². The highest BCUT2D eigenvalue weighted by atomic mass is 16.6. The minimum absolute atomic E-state index is 0.0884. The number of rotatable bonds is 2. The summed E-state index contributed by atoms with van der Waals surface area (Å²) in [5.41, 5.74) is -0.606. The highest BCUT2D eigenvalue weighted by Crippen LogP contribution is 2.24. The van der Waals surface area contributed by atoms with Crippen LogP contribution < -0.4 is 0 Å². The maximum absolute atomic E-state index is 11.0. The summed E-state index contributed by atoms with van der Waals surface area (Å²) in [6.07, 6.45) is -1.46. The molecule has 0 saturated carbocycles. The third-order valence-corrected chi connectivity index (χ3v) is 2.41. The third kappa shape index (κ3) is 1.65. The number of fused-ring (bicyclic) bond motifs is 1. The number of nitro benzene ring substituents is 1. The Balaban J connectivity index is 2.80. The number of aromatic nitrogens is 1. The summed E-state index contributed by atoms with van der Waals surface area (Å²) in [6, 6.07) is 4.53. The summed E-state index contributed by atoms with van der Waals surface area (Å²) in [4.78, 5) is 31.8. The lowest BCUT2D eigenvalue weighted by molar-refractivity contribution is -0.384. The molecule has 0 spiro atoms. The summed E-state index contributed by atoms with van der Waals surface area (Å²) in [5, 5.41) is 28.6. The minimum atomic E-state index is -1.46. The van der Waals surface area contributed by atoms with Gasteiger partial charge in [0.05, 0.1) is 10.4 Å². The lowest BCUT2D eigenvalue weighted by atomic mass is 10.2. The lowest BCUT2D eigenvalue weighted by Crippen LogP contribution is -2.14. The maximum Gasteiger partial charge on any atom is 0.416 e. The Bertz CT molecular complexity index is 687. The Morgan fingerprint density at radius 3 is 2.39 bits per heavy atom. The van der Waals surface area contributed by atoms with Gasteiger partial charge in [0.25, 0.3) is 5.69 Å². The van der Waals surface area contributed by atoms with Crippen LogP contribution in [0.25, 0.3) is 10.9 Å². The molecule has 2 N–H and O–H groups in total. The van der Waals surface area contributed by atoms with Crippen LogP contribution >= 0.6 is 0 Å². The van der Waals surface area contributed by atoms with Crippen molar-refractivity contribution in [3.63, 3.8) is 0 Å². The van der Waals surface area contributed by atoms with Crippen molar-refractivity contribution >= 4 is 28.7 Å². The van der Waals surface area contributed by atoms with Gasteiger partial charge in [-0.2, -0.15) is 0 Å². The fourth-order valence-electron chi connectivity index (χ4n) is 1.68. The zero-order valence-corrected chi connectivity index (χ0v) is 8.73. The van der Waals surface area contributed by atoms with Gasteiger partial charge in [0.2, 0.25) is 0 Å². The van der Waals surface area contributed by atoms with E-state index in [1.807, 2.05) is 0 Å². The quantitative estimate of drug-likeness (QED) is 0.618. The number of carbonyl (C=O) groups is 2. The first-order valence-electron chi connectivity index (χ1n) is 4.68. The van der Waals surface area contributed by atoms with Crippen LogP contribution in [0, 0.1) is 10.1 Å². The van der Waals surface area contributed by atoms with Crippen molar-refractivity contribution in [3.05, 3.63) is 40.1 Å². The molecule has 0 atom stereocenters. The van der Waals surface area contributed by atoms with Crippen molar-refractivity contribution in [2.45, 2.75) is 0 Å². The van der Waals surface area contributed by atoms with Crippen LogP contribution in [0.5, 0.6) is 0 Å². The molecule has 92 valence electrons. The van der Waals surface area contributed by atoms with Gasteiger partial charge in [-0.25, -0.2) is 14.2 Å². The van der Waals surface area contributed by atoms with E-state index in [1.165, 1.54) is 6.07 Å². The Hall–Kier alpha value is -2.90. The van der Waals surface area contributed by atoms with Crippen LogP contribution in [0.2, 0.25) is 0 Å². The van der Waals surface area contributed by atoms with Crippen molar-refractivity contribution < 1.29 is 24.7 Å². The summed E-state index contributed by atoms with van der Waals surface area (Å²) in [6.45, 7) is 0. The Kier molecular flexibility index (Phi) is 2.47. The average Bonchev–Trinajstić information content (AvgIpc) is 2.66. The molecule has 0 aliphatic heterocycles. The third-order valence-electron chi connectivity index (χ3n) is 2.41. The molecule has 0 fully saturated rings. The topological polar surface area (TPSA) is 123 Å². The number of non-ortho nitro benzene ring substituents is 1. The van der Waals surface area contributed by atoms with Gasteiger partial charge < -0.3 is 10.2 Å². The molecule has 0 radical (unpaired) electrons. The van der Waals surface area contributed by atoms with Crippen molar-refractivity contribution in [2.24, 2.45) is 0 Å². The summed E-state index contributed by atoms with van der Waals surface area (Å²) >= 11 is 0. The van der Waals surface area contributed by atoms with Gasteiger partial charge in [-0.15, -0.1) is 0 Å². The number of hydrogen-bond donors (Lipinski definition) is 2. The first-order chi connectivity index (χ1) is 8.41. The molecule has 8 heteroatoms. The molecule has 0 aliphatic rings. The molecule has 1 heterocycles. The number of nitro groups is 1. The van der Waals surface area contributed by atoms with Crippen molar-refractivity contribution in [1.82, 2.24) is 4.57 Å². The predicted octanol–water partition coefficient (Wildman–Crippen LogP) is 1.77. The van der Waals surface area contributed by atoms with E-state index >= 15 is 0 Å². The molecule has 0 bridgehead atoms. The number of carboxylic acid groups (broad SMARTS) is 2. The highest BCUT2D eigenvalue weighted by molar-refractivity contribution is 6.01. The normalized spacial score (nSPS) is 10.4. The second kappa shape index (κ2) is 3.84. The molecule has 8 nitrogen and oxygen atoms in total. The number of benzene rings is 1. The molecule has 1 aromatic carbocycles. The second-order valence-electron chi connectivity index (χ2n) is 3.45. The van der Waals surface area contributed by atoms with E-state index in [2.05, 4.69) is 0 Å². The zero-order chi connectivity index (χ0) is 13.4. The molecule has 1 aromatic heterocycles. The average molecular weight is 250 g/mol. The molecule has 0 unspecified atom stereocenters. The minimum Gasteiger partial charge on any atom is -0.477 e. The lowest BCUT2D eigenvalue weighted by Gasteiger charge is -2.00. The maximum atomic E-state index is 11.0. The van der Waals surface area contributed by atoms with Crippen molar-refractivity contribution in [1.29, 1.82) is 0 Å². The molecular formula is C10H6N2O6. The number of hydrogen-bond acceptors (Lipinski definition) is 4. The van der Waals surface area contributed by atoms with Gasteiger partial charge in [-0.3, -0.25) is 10.1 Å². The van der Waals surface area contributed by atoms with Crippen LogP contribution in [0.4, 0.5) is 10.5 Å². The van der Waals surface area contributed by atoms with Gasteiger partial charge in [0.15, 0.2) is 0 Å². The summed E-state index contributed by atoms with van der Waals surface area (Å²) in [7, 11) is 0. The predicted molar refractivity (Wildman–Crippen MR) is 59.0 cm³/mol. The SMILES string of the molecule is O=C(O)c1cc2cc([N+](=O)[O-])ccc2n1C(=O)O. The van der Waals surface area contributed by atoms with Gasteiger partial charge in [-0.1, -0.05) is 0 Å². The van der Waals surface area contributed by atoms with Crippen LogP contribution in [-0.4, -0.2) is 31.8 Å². The Morgan fingerprint density at radius 1 is 1.22 bits per heavy atom. The van der Waals surface area contributed by atoms with Crippen LogP contribution in [0.1, 0.15) is 10.5 Å². The Morgan fingerprint density at radius 2 is 1.89 bits per heavy atom. The van der Waals surface area contributed by atoms with E-state index in [4.69, 9.17) is 10.2 Å². The van der Waals surface area contributed by atoms with Crippen LogP contribution in [0.3, 0.4) is 0 Å². The zero-order valence-electron chi connectivity index (χ0n) is 8.73. The molecule has 0 aliphatic carbocycles. The van der Waals surface area contributed by atoms with E-state index < -0.39 is 22.7 Å². The molecule has 18 heavy (non-hydrogen) atoms. The molecule has 2 aromatic rings. The molecule has 0 saturated heterocycles. The van der Waals surface area contributed by atoms with Crippen molar-refractivity contribution in [2.75, 3.05) is 0 Å². The second-order valence-corrected chi connectivity index (χ2v) is 3.45. The first kappa shape index (κ1) is 11.6. The molecule has 0 amide bonds. The van der Waals surface area contributed by atoms with Gasteiger partial charge in [0, 0.05) is 17.5 Å². The van der Waals surface area contributed by atoms with E-state index in [1.54, 1.807) is 0 Å². The van der Waals surface area contributed by atoms with Crippen molar-refractivity contribution in [3.8, 4) is 0 Å². The van der Waals surface area contributed by atoms with E-state index in [0.29, 0.717) is 4.57 Å². The standard InChI is InChI=1S/C10H6N2O6/c13-9(14)8-4-5-3-6(12(17)18)1-2-7(5)11(8)10(15)16/h1-4H,(H,13,14)(H,15,16). The largest absolute Gasteiger partial charge is 0.477 e. The van der Waals surface area contributed by atoms with E-state index in [-0.39, 0.29) is 16.6 Å². The number of aromatic carboxylic acids is 1. The van der Waals surface area contributed by atoms with Gasteiger partial charge in [0.1, 0.15) is 5.69 Å². The van der Waals surface area contributed by atoms with E-state index in [0.717, 1.165) is 18.2 Å². The molecular weight excluding hydrogens is 244 g/mol. The number of carboxylic acids is 1. The summed E-state index contributed by atoms with van der Waals surface area (Å²) in [5.74, 6) is -1.42. The highest BCUT2D eigenvalue weighted by Gasteiger charge is 2.20. The fraction of sp³-hybridized carbons (Fsp3) is 0. The molecule has 2 rings (SSSR count). The Labute approximate surface area is 98.8 Å². The monoisotopic (exact) mass is 250 g/mol. The fourth-order valence-corrected chi connectivity index (χ4v) is 1.68.